The standard InChI is InChI=1S/C13H4Cl2F6N4/c14-7-1-5(12(16,17)18)3-22-10(7)6-4-23-25-8(13(19,20)21)2-9(15)24-11(6)25/h1-4H. The van der Waals surface area contributed by atoms with Crippen LogP contribution in [0.3, 0.4) is 0 Å². The van der Waals surface area contributed by atoms with Crippen molar-refractivity contribution in [3.05, 3.63) is 46.0 Å². The Bertz CT molecular complexity index is 964. The molecule has 0 N–H and O–H groups in total. The predicted molar refractivity (Wildman–Crippen MR) is 76.2 cm³/mol. The number of hydrogen-bond acceptors (Lipinski definition) is 3. The van der Waals surface area contributed by atoms with Gasteiger partial charge in [-0.15, -0.1) is 0 Å². The second-order valence-electron chi connectivity index (χ2n) is 4.81. The zero-order chi connectivity index (χ0) is 18.6. The summed E-state index contributed by atoms with van der Waals surface area (Å²) >= 11 is 11.4. The minimum Gasteiger partial charge on any atom is -0.254 e. The Balaban J connectivity index is 2.23. The number of fused-ring (bicyclic) bond motifs is 1. The molecule has 0 aliphatic heterocycles. The van der Waals surface area contributed by atoms with Gasteiger partial charge >= 0.3 is 12.4 Å². The molecule has 3 aromatic rings. The highest BCUT2D eigenvalue weighted by Gasteiger charge is 2.36. The van der Waals surface area contributed by atoms with Gasteiger partial charge in [-0.3, -0.25) is 4.98 Å². The maximum atomic E-state index is 13.1. The van der Waals surface area contributed by atoms with Crippen molar-refractivity contribution in [2.75, 3.05) is 0 Å². The molecule has 0 fully saturated rings. The van der Waals surface area contributed by atoms with E-state index in [1.165, 1.54) is 0 Å². The van der Waals surface area contributed by atoms with E-state index in [-0.39, 0.29) is 16.9 Å². The normalized spacial score (nSPS) is 12.8. The Labute approximate surface area is 145 Å². The first-order chi connectivity index (χ1) is 11.5. The van der Waals surface area contributed by atoms with Gasteiger partial charge in [0.15, 0.2) is 11.3 Å². The van der Waals surface area contributed by atoms with Gasteiger partial charge in [-0.1, -0.05) is 23.2 Å². The minimum absolute atomic E-state index is 0.0910. The number of nitrogens with zero attached hydrogens (tertiary/aromatic N) is 4. The molecule has 25 heavy (non-hydrogen) atoms. The monoisotopic (exact) mass is 400 g/mol. The topological polar surface area (TPSA) is 43.1 Å². The van der Waals surface area contributed by atoms with Gasteiger partial charge in [0.2, 0.25) is 0 Å². The van der Waals surface area contributed by atoms with Gasteiger partial charge < -0.3 is 0 Å². The number of hydrogen-bond donors (Lipinski definition) is 0. The molecular weight excluding hydrogens is 397 g/mol. The Morgan fingerprint density at radius 1 is 0.920 bits per heavy atom. The summed E-state index contributed by atoms with van der Waals surface area (Å²) in [6, 6.07) is 1.19. The van der Waals surface area contributed by atoms with Crippen LogP contribution in [0.5, 0.6) is 0 Å². The highest BCUT2D eigenvalue weighted by molar-refractivity contribution is 6.33. The van der Waals surface area contributed by atoms with E-state index in [1.54, 1.807) is 0 Å². The first kappa shape index (κ1) is 17.7. The van der Waals surface area contributed by atoms with Crippen LogP contribution < -0.4 is 0 Å². The van der Waals surface area contributed by atoms with Crippen molar-refractivity contribution in [3.63, 3.8) is 0 Å². The average molecular weight is 401 g/mol. The molecule has 132 valence electrons. The fourth-order valence-corrected chi connectivity index (χ4v) is 2.54. The van der Waals surface area contributed by atoms with Gasteiger partial charge in [0.05, 0.1) is 28.0 Å². The summed E-state index contributed by atoms with van der Waals surface area (Å²) in [5.41, 5.74) is -2.93. The molecule has 0 radical (unpaired) electrons. The molecule has 3 heterocycles. The van der Waals surface area contributed by atoms with Crippen molar-refractivity contribution in [3.8, 4) is 11.3 Å². The maximum Gasteiger partial charge on any atom is 0.433 e. The van der Waals surface area contributed by atoms with Gasteiger partial charge in [-0.2, -0.15) is 31.4 Å². The van der Waals surface area contributed by atoms with Crippen molar-refractivity contribution in [1.29, 1.82) is 0 Å². The molecule has 3 aromatic heterocycles. The second kappa shape index (κ2) is 5.73. The molecule has 0 amide bonds. The molecule has 0 unspecified atom stereocenters. The lowest BCUT2D eigenvalue weighted by atomic mass is 10.2. The number of pyridine rings is 1. The highest BCUT2D eigenvalue weighted by atomic mass is 35.5. The minimum atomic E-state index is -4.77. The molecule has 0 aromatic carbocycles. The van der Waals surface area contributed by atoms with Gasteiger partial charge in [-0.25, -0.2) is 9.50 Å². The highest BCUT2D eigenvalue weighted by Crippen LogP contribution is 2.37. The van der Waals surface area contributed by atoms with E-state index in [4.69, 9.17) is 23.2 Å². The molecule has 0 atom stereocenters. The molecule has 4 nitrogen and oxygen atoms in total. The summed E-state index contributed by atoms with van der Waals surface area (Å²) in [5.74, 6) is 0. The molecule has 3 rings (SSSR count). The number of alkyl halides is 6. The fraction of sp³-hybridized carbons (Fsp3) is 0.154. The lowest BCUT2D eigenvalue weighted by Gasteiger charge is -2.10. The van der Waals surface area contributed by atoms with Crippen molar-refractivity contribution in [2.45, 2.75) is 12.4 Å². The van der Waals surface area contributed by atoms with Crippen LogP contribution >= 0.6 is 23.2 Å². The summed E-state index contributed by atoms with van der Waals surface area (Å²) < 4.78 is 77.6. The number of rotatable bonds is 1. The second-order valence-corrected chi connectivity index (χ2v) is 5.60. The van der Waals surface area contributed by atoms with E-state index in [9.17, 15) is 26.3 Å². The lowest BCUT2D eigenvalue weighted by molar-refractivity contribution is -0.142. The van der Waals surface area contributed by atoms with Crippen LogP contribution in [0.15, 0.2) is 24.5 Å². The van der Waals surface area contributed by atoms with E-state index in [0.29, 0.717) is 22.8 Å². The zero-order valence-corrected chi connectivity index (χ0v) is 13.1. The molecule has 12 heteroatoms. The summed E-state index contributed by atoms with van der Waals surface area (Å²) in [4.78, 5) is 7.33. The van der Waals surface area contributed by atoms with Crippen LogP contribution in [0.25, 0.3) is 16.9 Å². The van der Waals surface area contributed by atoms with Crippen LogP contribution in [0, 0.1) is 0 Å². The van der Waals surface area contributed by atoms with Crippen LogP contribution in [0.1, 0.15) is 11.3 Å². The Morgan fingerprint density at radius 3 is 2.16 bits per heavy atom. The molecule has 0 saturated carbocycles. The van der Waals surface area contributed by atoms with Gasteiger partial charge in [0.25, 0.3) is 0 Å². The molecule has 0 bridgehead atoms. The van der Waals surface area contributed by atoms with Crippen molar-refractivity contribution >= 4 is 28.8 Å². The zero-order valence-electron chi connectivity index (χ0n) is 11.6. The van der Waals surface area contributed by atoms with Crippen LogP contribution in [0.4, 0.5) is 26.3 Å². The summed E-state index contributed by atoms with van der Waals surface area (Å²) in [5, 5.41) is 2.68. The summed E-state index contributed by atoms with van der Waals surface area (Å²) in [6.45, 7) is 0. The SMILES string of the molecule is FC(F)(F)c1cnc(-c2cnn3c(C(F)(F)F)cc(Cl)nc23)c(Cl)c1. The third kappa shape index (κ3) is 3.23. The van der Waals surface area contributed by atoms with Crippen LogP contribution in [-0.2, 0) is 12.4 Å². The Morgan fingerprint density at radius 2 is 1.60 bits per heavy atom. The smallest absolute Gasteiger partial charge is 0.254 e. The van der Waals surface area contributed by atoms with E-state index >= 15 is 0 Å². The van der Waals surface area contributed by atoms with Gasteiger partial charge in [-0.05, 0) is 6.07 Å². The number of aromatic nitrogens is 4. The van der Waals surface area contributed by atoms with Crippen LogP contribution in [0.2, 0.25) is 10.2 Å². The van der Waals surface area contributed by atoms with E-state index in [0.717, 1.165) is 6.20 Å². The Kier molecular flexibility index (Phi) is 4.07. The fourth-order valence-electron chi connectivity index (χ4n) is 2.09. The number of halogens is 8. The molecular formula is C13H4Cl2F6N4. The van der Waals surface area contributed by atoms with Crippen LogP contribution in [-0.4, -0.2) is 19.6 Å². The summed E-state index contributed by atoms with van der Waals surface area (Å²) in [7, 11) is 0. The van der Waals surface area contributed by atoms with Gasteiger partial charge in [0, 0.05) is 12.3 Å². The maximum absolute atomic E-state index is 13.1. The molecule has 0 aliphatic rings. The summed E-state index contributed by atoms with van der Waals surface area (Å²) in [6.07, 6.45) is -7.96. The third-order valence-electron chi connectivity index (χ3n) is 3.15. The van der Waals surface area contributed by atoms with Crippen molar-refractivity contribution in [1.82, 2.24) is 19.6 Å². The first-order valence-electron chi connectivity index (χ1n) is 6.33. The van der Waals surface area contributed by atoms with E-state index < -0.39 is 33.8 Å². The third-order valence-corrected chi connectivity index (χ3v) is 3.64. The largest absolute Gasteiger partial charge is 0.433 e. The quantitative estimate of drug-likeness (QED) is 0.419. The van der Waals surface area contributed by atoms with Crippen molar-refractivity contribution < 1.29 is 26.3 Å². The predicted octanol–water partition coefficient (Wildman–Crippen LogP) is 5.14. The van der Waals surface area contributed by atoms with E-state index in [2.05, 4.69) is 15.1 Å². The molecule has 0 saturated heterocycles. The van der Waals surface area contributed by atoms with Gasteiger partial charge in [0.1, 0.15) is 5.15 Å². The molecule has 0 aliphatic carbocycles. The van der Waals surface area contributed by atoms with Crippen molar-refractivity contribution in [2.24, 2.45) is 0 Å². The molecule has 0 spiro atoms. The first-order valence-corrected chi connectivity index (χ1v) is 7.08. The lowest BCUT2D eigenvalue weighted by Crippen LogP contribution is -2.13. The van der Waals surface area contributed by atoms with E-state index in [1.807, 2.05) is 0 Å². The Hall–Kier alpha value is -2.07. The average Bonchev–Trinajstić information content (AvgIpc) is 2.87.